The molecule has 3 rings (SSSR count). The number of nitrogens with zero attached hydrogens (tertiary/aromatic N) is 1. The van der Waals surface area contributed by atoms with Crippen LogP contribution in [-0.2, 0) is 14.3 Å². The molecular formula is C25H32ClNO5. The Balaban J connectivity index is 2.11. The number of carbonyl (C=O) groups excluding carboxylic acids is 2. The van der Waals surface area contributed by atoms with Crippen molar-refractivity contribution in [1.29, 1.82) is 0 Å². The first kappa shape index (κ1) is 24.3. The van der Waals surface area contributed by atoms with Crippen molar-refractivity contribution in [1.82, 2.24) is 0 Å². The molecule has 1 aromatic rings. The van der Waals surface area contributed by atoms with Gasteiger partial charge in [0.25, 0.3) is 0 Å². The predicted molar refractivity (Wildman–Crippen MR) is 125 cm³/mol. The molecule has 1 aliphatic heterocycles. The van der Waals surface area contributed by atoms with Crippen molar-refractivity contribution in [2.75, 3.05) is 13.7 Å². The van der Waals surface area contributed by atoms with E-state index >= 15 is 0 Å². The van der Waals surface area contributed by atoms with E-state index in [1.54, 1.807) is 19.1 Å². The van der Waals surface area contributed by atoms with Gasteiger partial charge in [0.05, 0.1) is 18.7 Å². The summed E-state index contributed by atoms with van der Waals surface area (Å²) >= 11 is 6.28. The lowest BCUT2D eigenvalue weighted by molar-refractivity contribution is -0.146. The number of halogens is 1. The van der Waals surface area contributed by atoms with Gasteiger partial charge in [0, 0.05) is 29.3 Å². The highest BCUT2D eigenvalue weighted by Gasteiger charge is 2.46. The molecule has 0 aromatic heterocycles. The third-order valence-electron chi connectivity index (χ3n) is 6.18. The van der Waals surface area contributed by atoms with Gasteiger partial charge in [-0.1, -0.05) is 45.2 Å². The van der Waals surface area contributed by atoms with Gasteiger partial charge in [0.15, 0.2) is 17.3 Å². The second kappa shape index (κ2) is 9.65. The highest BCUT2D eigenvalue weighted by Crippen LogP contribution is 2.49. The number of methoxy groups -OCH3 is 1. The van der Waals surface area contributed by atoms with Crippen LogP contribution in [0.1, 0.15) is 71.3 Å². The summed E-state index contributed by atoms with van der Waals surface area (Å²) in [5.41, 5.74) is 2.28. The van der Waals surface area contributed by atoms with Crippen LogP contribution in [-0.4, -0.2) is 36.3 Å². The highest BCUT2D eigenvalue weighted by molar-refractivity contribution is 6.32. The van der Waals surface area contributed by atoms with E-state index in [1.165, 1.54) is 7.11 Å². The molecular weight excluding hydrogens is 430 g/mol. The summed E-state index contributed by atoms with van der Waals surface area (Å²) < 4.78 is 10.9. The molecule has 32 heavy (non-hydrogen) atoms. The maximum absolute atomic E-state index is 13.3. The molecule has 0 radical (unpaired) electrons. The molecule has 1 N–H and O–H groups in total. The van der Waals surface area contributed by atoms with E-state index in [9.17, 15) is 14.7 Å². The summed E-state index contributed by atoms with van der Waals surface area (Å²) in [6.45, 7) is 8.31. The minimum Gasteiger partial charge on any atom is -0.503 e. The minimum absolute atomic E-state index is 0.0237. The van der Waals surface area contributed by atoms with Gasteiger partial charge in [0.2, 0.25) is 0 Å². The number of Topliss-reactive ketones (excluding diaryl/α,β-unsaturated/α-hetero) is 1. The maximum Gasteiger partial charge on any atom is 0.315 e. The van der Waals surface area contributed by atoms with Gasteiger partial charge in [-0.3, -0.25) is 14.6 Å². The second-order valence-corrected chi connectivity index (χ2v) is 9.85. The predicted octanol–water partition coefficient (Wildman–Crippen LogP) is 5.61. The largest absolute Gasteiger partial charge is 0.503 e. The zero-order valence-electron chi connectivity index (χ0n) is 19.5. The van der Waals surface area contributed by atoms with Crippen molar-refractivity contribution in [3.63, 3.8) is 0 Å². The Morgan fingerprint density at radius 1 is 1.28 bits per heavy atom. The molecule has 1 heterocycles. The number of esters is 1. The van der Waals surface area contributed by atoms with Crippen molar-refractivity contribution in [3.05, 3.63) is 34.0 Å². The number of aromatic hydroxyl groups is 1. The Labute approximate surface area is 194 Å². The molecule has 1 unspecified atom stereocenters. The number of carbonyl (C=O) groups is 2. The first-order valence-electron chi connectivity index (χ1n) is 11.1. The van der Waals surface area contributed by atoms with Crippen LogP contribution < -0.4 is 4.74 Å². The van der Waals surface area contributed by atoms with Gasteiger partial charge in [-0.25, -0.2) is 0 Å². The van der Waals surface area contributed by atoms with Crippen LogP contribution in [0.2, 0.25) is 5.02 Å². The van der Waals surface area contributed by atoms with E-state index in [4.69, 9.17) is 26.1 Å². The van der Waals surface area contributed by atoms with Crippen LogP contribution >= 0.6 is 11.6 Å². The molecule has 6 nitrogen and oxygen atoms in total. The summed E-state index contributed by atoms with van der Waals surface area (Å²) in [6.07, 6.45) is 3.80. The SMILES string of the molecule is CCCCCOC(=O)C1C(C)=NC2=C(C(=O)CC(C)(C)C2)[C@@H]1c1cc(Cl)c(O)c(OC)c1. The van der Waals surface area contributed by atoms with Crippen molar-refractivity contribution in [2.24, 2.45) is 16.3 Å². The van der Waals surface area contributed by atoms with Crippen LogP contribution in [0.15, 0.2) is 28.4 Å². The van der Waals surface area contributed by atoms with Crippen LogP contribution in [0.4, 0.5) is 0 Å². The lowest BCUT2D eigenvalue weighted by Crippen LogP contribution is -2.39. The van der Waals surface area contributed by atoms with Gasteiger partial charge in [-0.15, -0.1) is 0 Å². The van der Waals surface area contributed by atoms with Gasteiger partial charge < -0.3 is 14.6 Å². The number of allylic oxidation sites excluding steroid dienone is 2. The van der Waals surface area contributed by atoms with Crippen molar-refractivity contribution in [3.8, 4) is 11.5 Å². The molecule has 0 fully saturated rings. The Morgan fingerprint density at radius 2 is 2.00 bits per heavy atom. The quantitative estimate of drug-likeness (QED) is 0.421. The zero-order chi connectivity index (χ0) is 23.6. The normalized spacial score (nSPS) is 22.3. The minimum atomic E-state index is -0.745. The third-order valence-corrected chi connectivity index (χ3v) is 6.47. The summed E-state index contributed by atoms with van der Waals surface area (Å²) in [6, 6.07) is 3.23. The van der Waals surface area contributed by atoms with E-state index in [-0.39, 0.29) is 27.7 Å². The standard InChI is InChI=1S/C25H32ClNO5/c1-6-7-8-9-32-24(30)20-14(2)27-17-12-25(3,4)13-18(28)22(17)21(20)15-10-16(26)23(29)19(11-15)31-5/h10-11,20-21,29H,6-9,12-13H2,1-5H3/t20?,21-/m1/s1. The number of benzene rings is 1. The summed E-state index contributed by atoms with van der Waals surface area (Å²) in [5, 5.41) is 10.3. The van der Waals surface area contributed by atoms with Gasteiger partial charge >= 0.3 is 5.97 Å². The molecule has 0 saturated heterocycles. The maximum atomic E-state index is 13.3. The molecule has 0 saturated carbocycles. The Hall–Kier alpha value is -2.34. The number of unbranched alkanes of at least 4 members (excludes halogenated alkanes) is 2. The van der Waals surface area contributed by atoms with Gasteiger partial charge in [0.1, 0.15) is 5.92 Å². The molecule has 0 bridgehead atoms. The van der Waals surface area contributed by atoms with E-state index in [0.29, 0.717) is 42.0 Å². The Morgan fingerprint density at radius 3 is 2.66 bits per heavy atom. The Bertz CT molecular complexity index is 979. The second-order valence-electron chi connectivity index (χ2n) is 9.44. The molecule has 0 spiro atoms. The number of hydrogen-bond donors (Lipinski definition) is 1. The monoisotopic (exact) mass is 461 g/mol. The molecule has 1 aromatic carbocycles. The molecule has 2 atom stereocenters. The summed E-state index contributed by atoms with van der Waals surface area (Å²) in [5.74, 6) is -1.76. The molecule has 0 amide bonds. The van der Waals surface area contributed by atoms with Crippen molar-refractivity contribution >= 4 is 29.1 Å². The summed E-state index contributed by atoms with van der Waals surface area (Å²) in [4.78, 5) is 31.3. The topological polar surface area (TPSA) is 85.2 Å². The number of hydrogen-bond acceptors (Lipinski definition) is 6. The first-order chi connectivity index (χ1) is 15.1. The molecule has 7 heteroatoms. The van der Waals surface area contributed by atoms with Crippen LogP contribution in [0.25, 0.3) is 0 Å². The van der Waals surface area contributed by atoms with E-state index in [0.717, 1.165) is 19.3 Å². The lowest BCUT2D eigenvalue weighted by Gasteiger charge is -2.39. The Kier molecular flexibility index (Phi) is 7.33. The number of phenols is 1. The van der Waals surface area contributed by atoms with Crippen molar-refractivity contribution < 1.29 is 24.2 Å². The van der Waals surface area contributed by atoms with Crippen LogP contribution in [0.5, 0.6) is 11.5 Å². The average molecular weight is 462 g/mol. The number of aliphatic imine (C=N–C) groups is 1. The zero-order valence-corrected chi connectivity index (χ0v) is 20.2. The third kappa shape index (κ3) is 4.85. The van der Waals surface area contributed by atoms with Crippen LogP contribution in [0.3, 0.4) is 0 Å². The molecule has 2 aliphatic rings. The van der Waals surface area contributed by atoms with Crippen LogP contribution in [0, 0.1) is 11.3 Å². The average Bonchev–Trinajstić information content (AvgIpc) is 2.71. The fraction of sp³-hybridized carbons (Fsp3) is 0.560. The van der Waals surface area contributed by atoms with Crippen molar-refractivity contribution in [2.45, 2.75) is 65.7 Å². The fourth-order valence-corrected chi connectivity index (χ4v) is 4.87. The molecule has 174 valence electrons. The van der Waals surface area contributed by atoms with E-state index in [1.807, 2.05) is 13.8 Å². The van der Waals surface area contributed by atoms with E-state index < -0.39 is 17.8 Å². The van der Waals surface area contributed by atoms with Gasteiger partial charge in [-0.05, 0) is 42.9 Å². The van der Waals surface area contributed by atoms with E-state index in [2.05, 4.69) is 6.92 Å². The number of rotatable bonds is 7. The summed E-state index contributed by atoms with van der Waals surface area (Å²) in [7, 11) is 1.43. The lowest BCUT2D eigenvalue weighted by atomic mass is 9.67. The van der Waals surface area contributed by atoms with Gasteiger partial charge in [-0.2, -0.15) is 0 Å². The number of ketones is 1. The smallest absolute Gasteiger partial charge is 0.315 e. The molecule has 1 aliphatic carbocycles. The number of phenolic OH excluding ortho intramolecular Hbond substituents is 1. The fourth-order valence-electron chi connectivity index (χ4n) is 4.65. The first-order valence-corrected chi connectivity index (χ1v) is 11.5. The highest BCUT2D eigenvalue weighted by atomic mass is 35.5. The number of ether oxygens (including phenoxy) is 2.